The van der Waals surface area contributed by atoms with Crippen LogP contribution in [0.25, 0.3) is 21.8 Å². The summed E-state index contributed by atoms with van der Waals surface area (Å²) in [5, 5.41) is 7.89. The maximum atomic E-state index is 13.4. The van der Waals surface area contributed by atoms with Crippen LogP contribution in [0.3, 0.4) is 0 Å². The number of hydrogen-bond acceptors (Lipinski definition) is 3. The third-order valence-corrected chi connectivity index (χ3v) is 7.37. The van der Waals surface area contributed by atoms with Crippen LogP contribution in [-0.4, -0.2) is 57.8 Å². The first-order valence-corrected chi connectivity index (χ1v) is 13.1. The second-order valence-electron chi connectivity index (χ2n) is 11.5. The van der Waals surface area contributed by atoms with Gasteiger partial charge in [0.2, 0.25) is 5.91 Å². The van der Waals surface area contributed by atoms with Gasteiger partial charge in [-0.15, -0.1) is 0 Å². The van der Waals surface area contributed by atoms with E-state index in [-0.39, 0.29) is 23.8 Å². The van der Waals surface area contributed by atoms with Crippen molar-refractivity contribution in [3.8, 4) is 0 Å². The third-order valence-electron chi connectivity index (χ3n) is 7.37. The van der Waals surface area contributed by atoms with Crippen molar-refractivity contribution in [2.75, 3.05) is 13.1 Å². The Kier molecular flexibility index (Phi) is 6.73. The van der Waals surface area contributed by atoms with Gasteiger partial charge in [0.15, 0.2) is 0 Å². The van der Waals surface area contributed by atoms with Gasteiger partial charge in [0, 0.05) is 52.7 Å². The SMILES string of the molecule is C[C@H]1C[C@@H](CNC(=O)[C@@H](NC(=O)c2cc3ccccc3[nH]2)C(C)(C)C)N(C(=O)c2ccc3[nH]ccc3c2)C1. The fraction of sp³-hybridized carbons (Fsp3) is 0.367. The van der Waals surface area contributed by atoms with Crippen molar-refractivity contribution in [1.82, 2.24) is 25.5 Å². The largest absolute Gasteiger partial charge is 0.361 e. The number of carbonyl (C=O) groups is 3. The molecule has 3 atom stereocenters. The second kappa shape index (κ2) is 10.0. The quantitative estimate of drug-likeness (QED) is 0.306. The van der Waals surface area contributed by atoms with Crippen LogP contribution in [0.2, 0.25) is 0 Å². The molecule has 2 aromatic heterocycles. The summed E-state index contributed by atoms with van der Waals surface area (Å²) in [6.07, 6.45) is 2.66. The Morgan fingerprint density at radius 2 is 1.79 bits per heavy atom. The van der Waals surface area contributed by atoms with Crippen LogP contribution in [0.15, 0.2) is 60.8 Å². The van der Waals surface area contributed by atoms with E-state index in [2.05, 4.69) is 27.5 Å². The molecule has 3 heterocycles. The van der Waals surface area contributed by atoms with Gasteiger partial charge in [0.1, 0.15) is 11.7 Å². The number of amides is 3. The molecule has 198 valence electrons. The molecule has 1 saturated heterocycles. The Bertz CT molecular complexity index is 1460. The van der Waals surface area contributed by atoms with Crippen LogP contribution in [-0.2, 0) is 4.79 Å². The van der Waals surface area contributed by atoms with Gasteiger partial charge in [-0.25, -0.2) is 0 Å². The summed E-state index contributed by atoms with van der Waals surface area (Å²) in [4.78, 5) is 48.0. The van der Waals surface area contributed by atoms with Gasteiger partial charge >= 0.3 is 0 Å². The Labute approximate surface area is 222 Å². The highest BCUT2D eigenvalue weighted by molar-refractivity contribution is 6.00. The topological polar surface area (TPSA) is 110 Å². The predicted octanol–water partition coefficient (Wildman–Crippen LogP) is 4.46. The highest BCUT2D eigenvalue weighted by Crippen LogP contribution is 2.26. The van der Waals surface area contributed by atoms with Crippen molar-refractivity contribution >= 4 is 39.5 Å². The minimum absolute atomic E-state index is 0.0313. The summed E-state index contributed by atoms with van der Waals surface area (Å²) in [6.45, 7) is 8.87. The monoisotopic (exact) mass is 513 g/mol. The van der Waals surface area contributed by atoms with Crippen LogP contribution in [0.5, 0.6) is 0 Å². The Hall–Kier alpha value is -4.07. The number of fused-ring (bicyclic) bond motifs is 2. The van der Waals surface area contributed by atoms with E-state index in [1.165, 1.54) is 0 Å². The number of H-pyrrole nitrogens is 2. The Balaban J connectivity index is 1.27. The van der Waals surface area contributed by atoms with Crippen LogP contribution in [0.1, 0.15) is 55.0 Å². The van der Waals surface area contributed by atoms with Crippen LogP contribution >= 0.6 is 0 Å². The molecule has 0 spiro atoms. The zero-order valence-electron chi connectivity index (χ0n) is 22.3. The molecule has 8 heteroatoms. The zero-order valence-corrected chi connectivity index (χ0v) is 22.3. The lowest BCUT2D eigenvalue weighted by molar-refractivity contribution is -0.125. The molecule has 38 heavy (non-hydrogen) atoms. The summed E-state index contributed by atoms with van der Waals surface area (Å²) in [7, 11) is 0. The van der Waals surface area contributed by atoms with Crippen molar-refractivity contribution in [3.05, 3.63) is 72.1 Å². The van der Waals surface area contributed by atoms with Crippen molar-refractivity contribution in [2.24, 2.45) is 11.3 Å². The van der Waals surface area contributed by atoms with Crippen LogP contribution < -0.4 is 10.6 Å². The molecule has 0 unspecified atom stereocenters. The lowest BCUT2D eigenvalue weighted by Crippen LogP contribution is -2.55. The number of likely N-dealkylation sites (tertiary alicyclic amines) is 1. The molecule has 1 fully saturated rings. The number of carbonyl (C=O) groups excluding carboxylic acids is 3. The molecule has 0 radical (unpaired) electrons. The molecule has 0 aliphatic carbocycles. The second-order valence-corrected chi connectivity index (χ2v) is 11.5. The van der Waals surface area contributed by atoms with Gasteiger partial charge < -0.3 is 25.5 Å². The number of aromatic amines is 2. The molecule has 5 rings (SSSR count). The predicted molar refractivity (Wildman–Crippen MR) is 149 cm³/mol. The lowest BCUT2D eigenvalue weighted by atomic mass is 9.86. The molecule has 0 bridgehead atoms. The third kappa shape index (κ3) is 5.16. The molecular weight excluding hydrogens is 478 g/mol. The van der Waals surface area contributed by atoms with Gasteiger partial charge in [-0.05, 0) is 54.2 Å². The van der Waals surface area contributed by atoms with Crippen molar-refractivity contribution in [2.45, 2.75) is 46.2 Å². The van der Waals surface area contributed by atoms with Crippen LogP contribution in [0.4, 0.5) is 0 Å². The van der Waals surface area contributed by atoms with E-state index < -0.39 is 11.5 Å². The van der Waals surface area contributed by atoms with Crippen LogP contribution in [0, 0.1) is 11.3 Å². The average Bonchev–Trinajstić information content (AvgIpc) is 3.61. The average molecular weight is 514 g/mol. The van der Waals surface area contributed by atoms with E-state index >= 15 is 0 Å². The first kappa shape index (κ1) is 25.6. The molecule has 1 aliphatic heterocycles. The zero-order chi connectivity index (χ0) is 27.0. The summed E-state index contributed by atoms with van der Waals surface area (Å²) in [5.41, 5.74) is 2.39. The highest BCUT2D eigenvalue weighted by Gasteiger charge is 2.37. The van der Waals surface area contributed by atoms with E-state index in [9.17, 15) is 14.4 Å². The number of nitrogens with zero attached hydrogens (tertiary/aromatic N) is 1. The first-order valence-electron chi connectivity index (χ1n) is 13.1. The van der Waals surface area contributed by atoms with E-state index in [4.69, 9.17) is 0 Å². The number of para-hydroxylation sites is 1. The van der Waals surface area contributed by atoms with E-state index in [0.29, 0.717) is 30.3 Å². The molecule has 4 aromatic rings. The van der Waals surface area contributed by atoms with E-state index in [0.717, 1.165) is 28.2 Å². The van der Waals surface area contributed by atoms with E-state index in [1.807, 2.05) is 80.4 Å². The number of hydrogen-bond donors (Lipinski definition) is 4. The summed E-state index contributed by atoms with van der Waals surface area (Å²) < 4.78 is 0. The normalized spacial score (nSPS) is 18.6. The Morgan fingerprint density at radius 1 is 1.03 bits per heavy atom. The van der Waals surface area contributed by atoms with Gasteiger partial charge in [-0.2, -0.15) is 0 Å². The smallest absolute Gasteiger partial charge is 0.268 e. The molecule has 1 aliphatic rings. The Morgan fingerprint density at radius 3 is 2.55 bits per heavy atom. The number of benzene rings is 2. The maximum absolute atomic E-state index is 13.4. The van der Waals surface area contributed by atoms with Crippen molar-refractivity contribution < 1.29 is 14.4 Å². The van der Waals surface area contributed by atoms with Gasteiger partial charge in [-0.1, -0.05) is 45.9 Å². The number of nitrogens with one attached hydrogen (secondary N) is 4. The molecule has 0 saturated carbocycles. The van der Waals surface area contributed by atoms with Crippen molar-refractivity contribution in [1.29, 1.82) is 0 Å². The molecular formula is C30H35N5O3. The molecule has 2 aromatic carbocycles. The molecule has 3 amide bonds. The minimum Gasteiger partial charge on any atom is -0.361 e. The fourth-order valence-electron chi connectivity index (χ4n) is 5.35. The minimum atomic E-state index is -0.750. The highest BCUT2D eigenvalue weighted by atomic mass is 16.2. The van der Waals surface area contributed by atoms with Gasteiger partial charge in [0.25, 0.3) is 11.8 Å². The maximum Gasteiger partial charge on any atom is 0.268 e. The van der Waals surface area contributed by atoms with Gasteiger partial charge in [0.05, 0.1) is 0 Å². The van der Waals surface area contributed by atoms with Gasteiger partial charge in [-0.3, -0.25) is 14.4 Å². The standard InChI is InChI=1S/C30H35N5O3/c1-18-13-22(35(17-18)29(38)21-9-10-23-20(14-21)11-12-31-23)16-32-28(37)26(30(2,3)4)34-27(36)25-15-19-7-5-6-8-24(19)33-25/h5-12,14-15,18,22,26,31,33H,13,16-17H2,1-4H3,(H,32,37)(H,34,36)/t18-,22-,26+/m0/s1. The lowest BCUT2D eigenvalue weighted by Gasteiger charge is -2.31. The summed E-state index contributed by atoms with van der Waals surface area (Å²) in [6, 6.07) is 16.2. The van der Waals surface area contributed by atoms with E-state index in [1.54, 1.807) is 6.07 Å². The first-order chi connectivity index (χ1) is 18.1. The number of aromatic nitrogens is 2. The number of rotatable bonds is 6. The molecule has 4 N–H and O–H groups in total. The van der Waals surface area contributed by atoms with Crippen molar-refractivity contribution in [3.63, 3.8) is 0 Å². The summed E-state index contributed by atoms with van der Waals surface area (Å²) >= 11 is 0. The summed E-state index contributed by atoms with van der Waals surface area (Å²) in [5.74, 6) is -0.293. The molecule has 8 nitrogen and oxygen atoms in total. The fourth-order valence-corrected chi connectivity index (χ4v) is 5.35.